The van der Waals surface area contributed by atoms with Crippen molar-refractivity contribution < 1.29 is 96.4 Å². The van der Waals surface area contributed by atoms with E-state index in [1.807, 2.05) is 37.3 Å². The van der Waals surface area contributed by atoms with Gasteiger partial charge in [-0.3, -0.25) is 4.79 Å². The van der Waals surface area contributed by atoms with Crippen LogP contribution in [-0.4, -0.2) is 190 Å². The van der Waals surface area contributed by atoms with E-state index in [0.717, 1.165) is 82.5 Å². The fraction of sp³-hybridized carbons (Fsp3) is 0.861. The molecule has 7 aliphatic rings. The summed E-state index contributed by atoms with van der Waals surface area (Å²) in [5.74, 6) is -2.11. The molecule has 0 amide bonds. The molecule has 22 atom stereocenters. The van der Waals surface area contributed by atoms with Gasteiger partial charge in [0.1, 0.15) is 73.9 Å². The molecule has 1 aromatic carbocycles. The number of aliphatic hydroxyl groups excluding tert-OH is 3. The summed E-state index contributed by atoms with van der Waals surface area (Å²) < 4.78 is 88.3. The van der Waals surface area contributed by atoms with Gasteiger partial charge >= 0.3 is 11.9 Å². The van der Waals surface area contributed by atoms with E-state index in [1.54, 1.807) is 0 Å². The van der Waals surface area contributed by atoms with Crippen molar-refractivity contribution in [2.75, 3.05) is 52.9 Å². The van der Waals surface area contributed by atoms with E-state index in [-0.39, 0.29) is 37.1 Å². The topological polar surface area (TPSA) is 252 Å². The number of aldehydes is 1. The van der Waals surface area contributed by atoms with Crippen molar-refractivity contribution in [3.8, 4) is 0 Å². The number of hydrogen-bond donors (Lipinski definition) is 4. The minimum absolute atomic E-state index is 0.00940. The number of carbonyl (C=O) groups is 3. The zero-order valence-electron chi connectivity index (χ0n) is 62.7. The number of unbranched alkanes of at least 4 members (excludes halogenated alkanes) is 6. The Morgan fingerprint density at radius 3 is 1.80 bits per heavy atom. The number of benzene rings is 1. The maximum absolute atomic E-state index is 15.0. The molecular formula is C79H130O20. The standard InChI is InChI=1S/C79H130O20/c1-14-20-41-87-49-55-63(90-44-23-17-4)64(91-45-24-18-5)61(83)70(95-55)99-68-65(97-71-67(92-46-25-19-6)62(89-43-22-16-3)54(50-94-71)88-42-21-15-2)60(82)66(69(84)93-48-53-29-27-26-28-30-53)98-72(68)96-59-34-35-75(10)56(76(59,11)51-80)33-36-77(12)57(75)32-31-52(7)78(77,13)47-58(81)79(73(85)86)39-37-74(8,9)38-40-79/h26-31,51,54-68,70-72,81-83H,14-25,32-50H2,1-13H3,(H,85,86)/t54-,55?,56?,57?,58-,59+,60+,61+,62+,63+,64?,65+,66?,67?,68?,70+,71+,72-,75?,76-,77-,78-/m1/s1. The quantitative estimate of drug-likeness (QED) is 0.0157. The van der Waals surface area contributed by atoms with Gasteiger partial charge in [-0.15, -0.1) is 0 Å². The largest absolute Gasteiger partial charge is 0.481 e. The van der Waals surface area contributed by atoms with Gasteiger partial charge in [0.05, 0.1) is 36.3 Å². The van der Waals surface area contributed by atoms with Crippen molar-refractivity contribution in [2.24, 2.45) is 44.3 Å². The number of allylic oxidation sites excluding steroid dienone is 2. The van der Waals surface area contributed by atoms with Crippen LogP contribution < -0.4 is 0 Å². The van der Waals surface area contributed by atoms with Crippen molar-refractivity contribution in [3.05, 3.63) is 47.5 Å². The molecule has 3 aliphatic heterocycles. The summed E-state index contributed by atoms with van der Waals surface area (Å²) >= 11 is 0. The van der Waals surface area contributed by atoms with Gasteiger partial charge in [0.15, 0.2) is 25.0 Å². The van der Waals surface area contributed by atoms with Crippen LogP contribution in [0.5, 0.6) is 0 Å². The van der Waals surface area contributed by atoms with Crippen LogP contribution in [0.2, 0.25) is 0 Å². The number of hydrogen-bond acceptors (Lipinski definition) is 19. The van der Waals surface area contributed by atoms with Gasteiger partial charge in [-0.2, -0.15) is 0 Å². The Bertz CT molecular complexity index is 2630. The van der Waals surface area contributed by atoms with Gasteiger partial charge in [0.2, 0.25) is 0 Å². The molecule has 20 heteroatoms. The van der Waals surface area contributed by atoms with Gasteiger partial charge in [0, 0.05) is 39.6 Å². The van der Waals surface area contributed by atoms with E-state index >= 15 is 4.79 Å². The number of aliphatic hydroxyl groups is 3. The van der Waals surface area contributed by atoms with Crippen molar-refractivity contribution >= 4 is 18.2 Å². The Morgan fingerprint density at radius 1 is 0.616 bits per heavy atom. The molecule has 0 aromatic heterocycles. The van der Waals surface area contributed by atoms with E-state index in [1.165, 1.54) is 0 Å². The molecule has 8 unspecified atom stereocenters. The van der Waals surface area contributed by atoms with Crippen LogP contribution in [0.4, 0.5) is 0 Å². The monoisotopic (exact) mass is 1400 g/mol. The van der Waals surface area contributed by atoms with Crippen LogP contribution in [0.15, 0.2) is 42.0 Å². The lowest BCUT2D eigenvalue weighted by atomic mass is 9.36. The third-order valence-corrected chi connectivity index (χ3v) is 24.8. The highest BCUT2D eigenvalue weighted by Gasteiger charge is 2.68. The van der Waals surface area contributed by atoms with Crippen molar-refractivity contribution in [1.82, 2.24) is 0 Å². The van der Waals surface area contributed by atoms with Crippen LogP contribution >= 0.6 is 0 Å². The molecule has 3 saturated carbocycles. The van der Waals surface area contributed by atoms with Crippen LogP contribution in [0.1, 0.15) is 237 Å². The van der Waals surface area contributed by atoms with Gasteiger partial charge in [0.25, 0.3) is 0 Å². The molecule has 0 radical (unpaired) electrons. The lowest BCUT2D eigenvalue weighted by Crippen LogP contribution is -2.69. The Morgan fingerprint density at radius 2 is 1.19 bits per heavy atom. The molecular weight excluding hydrogens is 1270 g/mol. The average Bonchev–Trinajstić information content (AvgIpc) is 0.689. The summed E-state index contributed by atoms with van der Waals surface area (Å²) in [4.78, 5) is 43.2. The molecule has 0 spiro atoms. The molecule has 1 aromatic rings. The highest BCUT2D eigenvalue weighted by molar-refractivity contribution is 5.76. The molecule has 0 bridgehead atoms. The first-order valence-electron chi connectivity index (χ1n) is 38.6. The second-order valence-electron chi connectivity index (χ2n) is 31.9. The summed E-state index contributed by atoms with van der Waals surface area (Å²) in [5.41, 5.74) is -2.13. The summed E-state index contributed by atoms with van der Waals surface area (Å²) in [7, 11) is 0. The predicted octanol–water partition coefficient (Wildman–Crippen LogP) is 13.0. The number of ether oxygens (including phenoxy) is 13. The molecule has 3 saturated heterocycles. The summed E-state index contributed by atoms with van der Waals surface area (Å²) in [6.07, 6.45) is -0.976. The maximum atomic E-state index is 15.0. The Hall–Kier alpha value is -3.03. The van der Waals surface area contributed by atoms with Crippen LogP contribution in [0.3, 0.4) is 0 Å². The molecule has 20 nitrogen and oxygen atoms in total. The number of esters is 1. The fourth-order valence-electron chi connectivity index (χ4n) is 17.7. The van der Waals surface area contributed by atoms with Crippen LogP contribution in [0, 0.1) is 44.3 Å². The van der Waals surface area contributed by atoms with E-state index in [4.69, 9.17) is 61.6 Å². The summed E-state index contributed by atoms with van der Waals surface area (Å²) in [6.45, 7) is 30.0. The van der Waals surface area contributed by atoms with Gasteiger partial charge in [-0.1, -0.05) is 164 Å². The highest BCUT2D eigenvalue weighted by Crippen LogP contribution is 2.72. The number of carboxylic acids is 1. The van der Waals surface area contributed by atoms with E-state index in [0.29, 0.717) is 116 Å². The van der Waals surface area contributed by atoms with Crippen molar-refractivity contribution in [3.63, 3.8) is 0 Å². The molecule has 4 N–H and O–H groups in total. The minimum Gasteiger partial charge on any atom is -0.481 e. The fourth-order valence-corrected chi connectivity index (χ4v) is 17.7. The second-order valence-corrected chi connectivity index (χ2v) is 31.9. The third-order valence-electron chi connectivity index (χ3n) is 24.8. The average molecular weight is 1400 g/mol. The van der Waals surface area contributed by atoms with Crippen molar-refractivity contribution in [1.29, 1.82) is 0 Å². The maximum Gasteiger partial charge on any atom is 0.338 e. The third kappa shape index (κ3) is 18.6. The molecule has 8 rings (SSSR count). The van der Waals surface area contributed by atoms with E-state index in [2.05, 4.69) is 89.2 Å². The first-order chi connectivity index (χ1) is 47.4. The predicted molar refractivity (Wildman–Crippen MR) is 374 cm³/mol. The van der Waals surface area contributed by atoms with Gasteiger partial charge in [-0.05, 0) is 149 Å². The molecule has 4 aliphatic carbocycles. The molecule has 6 fully saturated rings. The first-order valence-corrected chi connectivity index (χ1v) is 38.6. The number of fused-ring (bicyclic) bond motifs is 3. The van der Waals surface area contributed by atoms with Crippen LogP contribution in [-0.2, 0) is 82.6 Å². The zero-order chi connectivity index (χ0) is 71.8. The van der Waals surface area contributed by atoms with Gasteiger partial charge in [-0.25, -0.2) is 4.79 Å². The smallest absolute Gasteiger partial charge is 0.338 e. The Kier molecular flexibility index (Phi) is 30.7. The summed E-state index contributed by atoms with van der Waals surface area (Å²) in [6, 6.07) is 9.19. The lowest BCUT2D eigenvalue weighted by molar-refractivity contribution is -0.396. The van der Waals surface area contributed by atoms with Gasteiger partial charge < -0.3 is 86.8 Å². The van der Waals surface area contributed by atoms with E-state index < -0.39 is 137 Å². The second kappa shape index (κ2) is 37.3. The van der Waals surface area contributed by atoms with Crippen LogP contribution in [0.25, 0.3) is 0 Å². The van der Waals surface area contributed by atoms with Crippen molar-refractivity contribution in [2.45, 2.75) is 336 Å². The first kappa shape index (κ1) is 81.6. The number of carbonyl (C=O) groups excluding carboxylic acids is 2. The summed E-state index contributed by atoms with van der Waals surface area (Å²) in [5, 5.41) is 49.7. The SMILES string of the molecule is CCCCOCC1O[C@@H](OC2[C@H](O[C@H]3CCC4(C)C(CC[C@]5(C)C4CC=C(C)[C@@]5(C)C[C@@H](O)C4(C(=O)O)CCC(C)(C)CC4)[C@@]3(C)C=O)OC(C(=O)OCc3ccccc3)[C@@H](O)[C@@H]2O[C@@H]2OC[C@@H](OCCCC)[C@H](OCCCC)C2OCCCC)[C@@H](O)C(OCCCC)[C@H]1OCCCC. The lowest BCUT2D eigenvalue weighted by Gasteiger charge is -2.69. The normalized spacial score (nSPS) is 37.8. The minimum atomic E-state index is -1.86. The number of carboxylic acid groups (broad SMARTS) is 1. The molecule has 99 heavy (non-hydrogen) atoms. The number of aliphatic carboxylic acids is 1. The highest BCUT2D eigenvalue weighted by atomic mass is 16.8. The Balaban J connectivity index is 1.22. The van der Waals surface area contributed by atoms with E-state index in [9.17, 15) is 30.0 Å². The Labute approximate surface area is 592 Å². The zero-order valence-corrected chi connectivity index (χ0v) is 62.7. The molecule has 566 valence electrons. The number of rotatable bonds is 39. The molecule has 3 heterocycles.